The van der Waals surface area contributed by atoms with Crippen LogP contribution in [0.3, 0.4) is 0 Å². The minimum Gasteiger partial charge on any atom is -0.388 e. The highest BCUT2D eigenvalue weighted by Crippen LogP contribution is 2.22. The van der Waals surface area contributed by atoms with E-state index in [9.17, 15) is 15.0 Å². The van der Waals surface area contributed by atoms with Gasteiger partial charge in [-0.05, 0) is 38.0 Å². The smallest absolute Gasteiger partial charge is 0.223 e. The van der Waals surface area contributed by atoms with Gasteiger partial charge in [0.15, 0.2) is 0 Å². The number of carbonyl (C=O) groups is 1. The number of aliphatic hydroxyl groups excluding tert-OH is 1. The SMILES string of the molecule is Cc1cccc(N2CCN(CCC(=O)N3CC[C@@](C)(O)[C@@H](O)C3)CC2)c1. The highest BCUT2D eigenvalue weighted by molar-refractivity contribution is 5.76. The third-order valence-corrected chi connectivity index (χ3v) is 5.73. The average molecular weight is 361 g/mol. The second-order valence-electron chi connectivity index (χ2n) is 7.88. The number of aliphatic hydroxyl groups is 2. The van der Waals surface area contributed by atoms with Crippen molar-refractivity contribution in [2.45, 2.75) is 38.4 Å². The fourth-order valence-corrected chi connectivity index (χ4v) is 3.72. The number of nitrogens with zero attached hydrogens (tertiary/aromatic N) is 3. The fourth-order valence-electron chi connectivity index (χ4n) is 3.72. The van der Waals surface area contributed by atoms with Crippen LogP contribution in [0.5, 0.6) is 0 Å². The molecule has 0 aliphatic carbocycles. The second kappa shape index (κ2) is 7.94. The molecule has 2 atom stereocenters. The first-order chi connectivity index (χ1) is 12.3. The summed E-state index contributed by atoms with van der Waals surface area (Å²) in [5.41, 5.74) is 1.47. The van der Waals surface area contributed by atoms with Gasteiger partial charge >= 0.3 is 0 Å². The second-order valence-corrected chi connectivity index (χ2v) is 7.88. The van der Waals surface area contributed by atoms with E-state index < -0.39 is 11.7 Å². The molecular formula is C20H31N3O3. The molecule has 1 aromatic rings. The number of β-amino-alcohol motifs (C(OH)–C–C–N with tert-alkyl or cyclic N) is 1. The summed E-state index contributed by atoms with van der Waals surface area (Å²) in [5, 5.41) is 20.0. The van der Waals surface area contributed by atoms with Crippen molar-refractivity contribution in [3.63, 3.8) is 0 Å². The molecule has 0 radical (unpaired) electrons. The van der Waals surface area contributed by atoms with Crippen molar-refractivity contribution in [1.29, 1.82) is 0 Å². The number of carbonyl (C=O) groups excluding carboxylic acids is 1. The standard InChI is InChI=1S/C20H31N3O3/c1-16-4-3-5-17(14-16)22-12-10-21(11-13-22)8-6-19(25)23-9-7-20(2,26)18(24)15-23/h3-5,14,18,24,26H,6-13,15H2,1-2H3/t18-,20+/m0/s1. The van der Waals surface area contributed by atoms with Gasteiger partial charge in [0.1, 0.15) is 0 Å². The Bertz CT molecular complexity index is 626. The molecule has 2 saturated heterocycles. The van der Waals surface area contributed by atoms with Crippen LogP contribution in [0.4, 0.5) is 5.69 Å². The minimum atomic E-state index is -1.08. The molecule has 6 heteroatoms. The molecule has 0 aromatic heterocycles. The summed E-state index contributed by atoms with van der Waals surface area (Å²) in [6.07, 6.45) is 0.0343. The van der Waals surface area contributed by atoms with Gasteiger partial charge in [0, 0.05) is 57.9 Å². The lowest BCUT2D eigenvalue weighted by molar-refractivity contribution is -0.146. The van der Waals surface area contributed by atoms with E-state index in [1.807, 2.05) is 0 Å². The van der Waals surface area contributed by atoms with Crippen LogP contribution in [0.2, 0.25) is 0 Å². The van der Waals surface area contributed by atoms with E-state index in [-0.39, 0.29) is 12.5 Å². The number of likely N-dealkylation sites (tertiary alicyclic amines) is 1. The highest BCUT2D eigenvalue weighted by Gasteiger charge is 2.37. The van der Waals surface area contributed by atoms with Crippen molar-refractivity contribution in [3.8, 4) is 0 Å². The Hall–Kier alpha value is -1.63. The topological polar surface area (TPSA) is 67.2 Å². The van der Waals surface area contributed by atoms with E-state index in [1.165, 1.54) is 11.3 Å². The number of hydrogen-bond donors (Lipinski definition) is 2. The number of benzene rings is 1. The molecule has 6 nitrogen and oxygen atoms in total. The third kappa shape index (κ3) is 4.55. The van der Waals surface area contributed by atoms with Crippen LogP contribution in [-0.4, -0.2) is 83.4 Å². The van der Waals surface area contributed by atoms with E-state index >= 15 is 0 Å². The lowest BCUT2D eigenvalue weighted by atomic mass is 9.90. The number of piperidine rings is 1. The van der Waals surface area contributed by atoms with Crippen molar-refractivity contribution < 1.29 is 15.0 Å². The molecule has 26 heavy (non-hydrogen) atoms. The first-order valence-corrected chi connectivity index (χ1v) is 9.57. The van der Waals surface area contributed by atoms with E-state index in [0.29, 0.717) is 19.4 Å². The quantitative estimate of drug-likeness (QED) is 0.832. The Kier molecular flexibility index (Phi) is 5.85. The van der Waals surface area contributed by atoms with Gasteiger partial charge in [-0.3, -0.25) is 9.69 Å². The maximum Gasteiger partial charge on any atom is 0.223 e. The van der Waals surface area contributed by atoms with Crippen molar-refractivity contribution >= 4 is 11.6 Å². The van der Waals surface area contributed by atoms with Crippen molar-refractivity contribution in [2.75, 3.05) is 50.7 Å². The summed E-state index contributed by atoms with van der Waals surface area (Å²) < 4.78 is 0. The normalized spacial score (nSPS) is 27.6. The maximum atomic E-state index is 12.4. The van der Waals surface area contributed by atoms with Crippen LogP contribution >= 0.6 is 0 Å². The van der Waals surface area contributed by atoms with Gasteiger partial charge in [-0.1, -0.05) is 12.1 Å². The third-order valence-electron chi connectivity index (χ3n) is 5.73. The molecule has 0 saturated carbocycles. The lowest BCUT2D eigenvalue weighted by Crippen LogP contribution is -2.55. The molecule has 144 valence electrons. The zero-order chi connectivity index (χ0) is 18.7. The molecule has 2 heterocycles. The Morgan fingerprint density at radius 1 is 1.23 bits per heavy atom. The van der Waals surface area contributed by atoms with Gasteiger partial charge in [0.2, 0.25) is 5.91 Å². The van der Waals surface area contributed by atoms with Gasteiger partial charge in [0.05, 0.1) is 11.7 Å². The van der Waals surface area contributed by atoms with Crippen LogP contribution in [0.15, 0.2) is 24.3 Å². The minimum absolute atomic E-state index is 0.0701. The van der Waals surface area contributed by atoms with Gasteiger partial charge in [0.25, 0.3) is 0 Å². The monoisotopic (exact) mass is 361 g/mol. The molecule has 0 bridgehead atoms. The Labute approximate surface area is 156 Å². The number of rotatable bonds is 4. The summed E-state index contributed by atoms with van der Waals surface area (Å²) in [7, 11) is 0. The number of amides is 1. The van der Waals surface area contributed by atoms with Crippen LogP contribution < -0.4 is 4.90 Å². The van der Waals surface area contributed by atoms with Gasteiger partial charge < -0.3 is 20.0 Å². The Morgan fingerprint density at radius 3 is 2.62 bits per heavy atom. The molecule has 1 amide bonds. The largest absolute Gasteiger partial charge is 0.388 e. The molecule has 2 aliphatic rings. The lowest BCUT2D eigenvalue weighted by Gasteiger charge is -2.40. The van der Waals surface area contributed by atoms with E-state index in [2.05, 4.69) is 41.0 Å². The van der Waals surface area contributed by atoms with E-state index in [0.717, 1.165) is 32.7 Å². The fraction of sp³-hybridized carbons (Fsp3) is 0.650. The number of anilines is 1. The van der Waals surface area contributed by atoms with Gasteiger partial charge in [-0.25, -0.2) is 0 Å². The van der Waals surface area contributed by atoms with Crippen LogP contribution in [0.25, 0.3) is 0 Å². The molecule has 2 aliphatic heterocycles. The summed E-state index contributed by atoms with van der Waals surface area (Å²) in [5.74, 6) is 0.0701. The maximum absolute atomic E-state index is 12.4. The predicted molar refractivity (Wildman–Crippen MR) is 102 cm³/mol. The van der Waals surface area contributed by atoms with Crippen LogP contribution in [-0.2, 0) is 4.79 Å². The number of hydrogen-bond acceptors (Lipinski definition) is 5. The Morgan fingerprint density at radius 2 is 1.96 bits per heavy atom. The summed E-state index contributed by atoms with van der Waals surface area (Å²) in [4.78, 5) is 18.8. The van der Waals surface area contributed by atoms with Crippen LogP contribution in [0.1, 0.15) is 25.3 Å². The summed E-state index contributed by atoms with van der Waals surface area (Å²) in [6, 6.07) is 8.58. The highest BCUT2D eigenvalue weighted by atomic mass is 16.3. The first-order valence-electron chi connectivity index (χ1n) is 9.57. The number of piperazine rings is 1. The van der Waals surface area contributed by atoms with Crippen molar-refractivity contribution in [1.82, 2.24) is 9.80 Å². The van der Waals surface area contributed by atoms with Crippen LogP contribution in [0, 0.1) is 6.92 Å². The van der Waals surface area contributed by atoms with Crippen molar-refractivity contribution in [2.24, 2.45) is 0 Å². The van der Waals surface area contributed by atoms with Gasteiger partial charge in [-0.2, -0.15) is 0 Å². The average Bonchev–Trinajstić information content (AvgIpc) is 2.62. The zero-order valence-corrected chi connectivity index (χ0v) is 15.9. The predicted octanol–water partition coefficient (Wildman–Crippen LogP) is 0.851. The van der Waals surface area contributed by atoms with Gasteiger partial charge in [-0.15, -0.1) is 0 Å². The first kappa shape index (κ1) is 19.1. The van der Waals surface area contributed by atoms with E-state index in [4.69, 9.17) is 0 Å². The molecule has 1 aromatic carbocycles. The number of aryl methyl sites for hydroxylation is 1. The molecule has 2 N–H and O–H groups in total. The zero-order valence-electron chi connectivity index (χ0n) is 15.9. The molecule has 0 unspecified atom stereocenters. The summed E-state index contributed by atoms with van der Waals surface area (Å²) in [6.45, 7) is 9.11. The summed E-state index contributed by atoms with van der Waals surface area (Å²) >= 11 is 0. The van der Waals surface area contributed by atoms with E-state index in [1.54, 1.807) is 11.8 Å². The molecule has 0 spiro atoms. The molecule has 3 rings (SSSR count). The van der Waals surface area contributed by atoms with Crippen molar-refractivity contribution in [3.05, 3.63) is 29.8 Å². The molecular weight excluding hydrogens is 330 g/mol. The Balaban J connectivity index is 1.42. The molecule has 2 fully saturated rings.